The Balaban J connectivity index is 0.000000177. The van der Waals surface area contributed by atoms with Crippen LogP contribution in [0.15, 0.2) is 122 Å². The quantitative estimate of drug-likeness (QED) is 0.133. The van der Waals surface area contributed by atoms with Crippen LogP contribution in [-0.2, 0) is 19.1 Å². The third-order valence-corrected chi connectivity index (χ3v) is 12.9. The molecule has 10 heteroatoms. The van der Waals surface area contributed by atoms with Gasteiger partial charge in [0.1, 0.15) is 24.4 Å². The SMILES string of the molecule is C=CC[C@@H]1O[C@@H](c2cccc(Cl)c2)[C@@H](c2ccc(Cl)cc2)N(CC2CCC2)C1=O.C=CC[C@H]1O[C@H](c2cccc(Cl)c2)[C@H](c2ccc(Cl)cc2)N(CC2CCC2)C1=O. The highest BCUT2D eigenvalue weighted by Gasteiger charge is 2.46. The van der Waals surface area contributed by atoms with Crippen molar-refractivity contribution in [2.75, 3.05) is 13.1 Å². The Kier molecular flexibility index (Phi) is 14.4. The molecule has 2 aliphatic carbocycles. The Labute approximate surface area is 362 Å². The number of carbonyl (C=O) groups is 2. The molecule has 2 heterocycles. The number of halogens is 4. The average molecular weight is 861 g/mol. The van der Waals surface area contributed by atoms with E-state index in [0.717, 1.165) is 35.3 Å². The number of hydrogen-bond donors (Lipinski definition) is 0. The third-order valence-electron chi connectivity index (χ3n) is 11.9. The zero-order chi connectivity index (χ0) is 40.8. The number of hydrogen-bond acceptors (Lipinski definition) is 4. The van der Waals surface area contributed by atoms with E-state index < -0.39 is 12.2 Å². The van der Waals surface area contributed by atoms with Crippen molar-refractivity contribution in [1.29, 1.82) is 0 Å². The van der Waals surface area contributed by atoms with Gasteiger partial charge in [-0.1, -0.05) is 120 Å². The Morgan fingerprint density at radius 2 is 0.914 bits per heavy atom. The molecule has 0 bridgehead atoms. The molecule has 4 fully saturated rings. The van der Waals surface area contributed by atoms with Gasteiger partial charge in [-0.15, -0.1) is 13.2 Å². The molecular formula is C48H50Cl4N2O4. The van der Waals surface area contributed by atoms with Crippen LogP contribution in [0.4, 0.5) is 0 Å². The third kappa shape index (κ3) is 9.87. The smallest absolute Gasteiger partial charge is 0.252 e. The highest BCUT2D eigenvalue weighted by atomic mass is 35.5. The van der Waals surface area contributed by atoms with Crippen LogP contribution in [0.5, 0.6) is 0 Å². The number of carbonyl (C=O) groups excluding carboxylic acids is 2. The van der Waals surface area contributed by atoms with Gasteiger partial charge in [-0.2, -0.15) is 0 Å². The van der Waals surface area contributed by atoms with Crippen molar-refractivity contribution in [2.24, 2.45) is 11.8 Å². The van der Waals surface area contributed by atoms with Gasteiger partial charge in [-0.3, -0.25) is 9.59 Å². The topological polar surface area (TPSA) is 59.1 Å². The second kappa shape index (κ2) is 19.6. The van der Waals surface area contributed by atoms with E-state index in [1.807, 2.05) is 107 Å². The fourth-order valence-corrected chi connectivity index (χ4v) is 9.09. The molecule has 8 rings (SSSR count). The summed E-state index contributed by atoms with van der Waals surface area (Å²) in [5.74, 6) is 1.18. The fraction of sp³-hybridized carbons (Fsp3) is 0.375. The zero-order valence-electron chi connectivity index (χ0n) is 32.5. The van der Waals surface area contributed by atoms with Crippen LogP contribution in [-0.4, -0.2) is 46.9 Å². The maximum Gasteiger partial charge on any atom is 0.252 e. The molecule has 0 aromatic heterocycles. The minimum absolute atomic E-state index is 0.0371. The highest BCUT2D eigenvalue weighted by molar-refractivity contribution is 6.31. The number of morpholine rings is 2. The summed E-state index contributed by atoms with van der Waals surface area (Å²) in [6.07, 6.45) is 9.98. The second-order valence-electron chi connectivity index (χ2n) is 15.8. The number of amides is 2. The van der Waals surface area contributed by atoms with Gasteiger partial charge in [-0.05, 0) is 108 Å². The molecule has 0 unspecified atom stereocenters. The highest BCUT2D eigenvalue weighted by Crippen LogP contribution is 2.46. The molecule has 4 aromatic rings. The molecule has 4 aliphatic rings. The van der Waals surface area contributed by atoms with Gasteiger partial charge >= 0.3 is 0 Å². The maximum atomic E-state index is 13.4. The summed E-state index contributed by atoms with van der Waals surface area (Å²) in [6, 6.07) is 30.4. The standard InChI is InChI=1S/2C24H25Cl2NO2/c2*1-2-5-21-24(28)27(15-16-6-3-7-16)22(17-10-12-19(25)13-11-17)23(29-21)18-8-4-9-20(26)14-18/h2*2,4,8-14,16,21-23H,1,3,5-7,15H2/t2*21-,22+,23-/m10/s1. The summed E-state index contributed by atoms with van der Waals surface area (Å²) < 4.78 is 12.8. The minimum atomic E-state index is -0.528. The molecule has 2 saturated heterocycles. The Bertz CT molecular complexity index is 1900. The molecule has 2 aliphatic heterocycles. The average Bonchev–Trinajstić information content (AvgIpc) is 3.18. The predicted molar refractivity (Wildman–Crippen MR) is 234 cm³/mol. The Morgan fingerprint density at radius 1 is 0.534 bits per heavy atom. The minimum Gasteiger partial charge on any atom is -0.358 e. The molecular weight excluding hydrogens is 810 g/mol. The van der Waals surface area contributed by atoms with E-state index in [9.17, 15) is 9.59 Å². The van der Waals surface area contributed by atoms with E-state index in [0.29, 0.717) is 44.8 Å². The van der Waals surface area contributed by atoms with E-state index in [4.69, 9.17) is 55.9 Å². The summed E-state index contributed by atoms with van der Waals surface area (Å²) in [5.41, 5.74) is 3.98. The fourth-order valence-electron chi connectivity index (χ4n) is 8.44. The Hall–Kier alpha value is -3.62. The lowest BCUT2D eigenvalue weighted by Crippen LogP contribution is -2.52. The molecule has 0 radical (unpaired) electrons. The van der Waals surface area contributed by atoms with Crippen molar-refractivity contribution >= 4 is 58.2 Å². The van der Waals surface area contributed by atoms with Gasteiger partial charge < -0.3 is 19.3 Å². The van der Waals surface area contributed by atoms with Crippen LogP contribution in [0.1, 0.15) is 97.9 Å². The lowest BCUT2D eigenvalue weighted by Gasteiger charge is -2.47. The van der Waals surface area contributed by atoms with E-state index in [1.165, 1.54) is 38.5 Å². The van der Waals surface area contributed by atoms with E-state index in [2.05, 4.69) is 13.2 Å². The van der Waals surface area contributed by atoms with Crippen molar-refractivity contribution in [1.82, 2.24) is 9.80 Å². The monoisotopic (exact) mass is 858 g/mol. The largest absolute Gasteiger partial charge is 0.358 e. The van der Waals surface area contributed by atoms with Gasteiger partial charge in [0.05, 0.1) is 12.1 Å². The molecule has 2 amide bonds. The molecule has 6 nitrogen and oxygen atoms in total. The summed E-state index contributed by atoms with van der Waals surface area (Å²) in [7, 11) is 0. The van der Waals surface area contributed by atoms with Crippen LogP contribution in [0.3, 0.4) is 0 Å². The molecule has 0 spiro atoms. The maximum absolute atomic E-state index is 13.4. The lowest BCUT2D eigenvalue weighted by atomic mass is 9.83. The first-order chi connectivity index (χ1) is 28.1. The molecule has 0 N–H and O–H groups in total. The van der Waals surface area contributed by atoms with Gasteiger partial charge in [0.15, 0.2) is 0 Å². The molecule has 58 heavy (non-hydrogen) atoms. The van der Waals surface area contributed by atoms with Crippen LogP contribution in [0.2, 0.25) is 20.1 Å². The summed E-state index contributed by atoms with van der Waals surface area (Å²) in [4.78, 5) is 30.8. The number of benzene rings is 4. The van der Waals surface area contributed by atoms with Crippen LogP contribution < -0.4 is 0 Å². The van der Waals surface area contributed by atoms with E-state index in [1.54, 1.807) is 12.2 Å². The number of nitrogens with zero attached hydrogens (tertiary/aromatic N) is 2. The second-order valence-corrected chi connectivity index (χ2v) is 17.6. The predicted octanol–water partition coefficient (Wildman–Crippen LogP) is 12.8. The zero-order valence-corrected chi connectivity index (χ0v) is 35.6. The van der Waals surface area contributed by atoms with Crippen molar-refractivity contribution in [3.05, 3.63) is 165 Å². The van der Waals surface area contributed by atoms with Crippen LogP contribution in [0.25, 0.3) is 0 Å². The van der Waals surface area contributed by atoms with Gasteiger partial charge in [-0.25, -0.2) is 0 Å². The first-order valence-electron chi connectivity index (χ1n) is 20.3. The molecule has 4 aromatic carbocycles. The van der Waals surface area contributed by atoms with Gasteiger partial charge in [0.2, 0.25) is 0 Å². The normalized spacial score (nSPS) is 25.0. The first kappa shape index (κ1) is 42.5. The summed E-state index contributed by atoms with van der Waals surface area (Å²) in [5, 5.41) is 2.66. The van der Waals surface area contributed by atoms with Crippen LogP contribution in [0, 0.1) is 11.8 Å². The summed E-state index contributed by atoms with van der Waals surface area (Å²) in [6.45, 7) is 9.13. The van der Waals surface area contributed by atoms with Crippen molar-refractivity contribution in [3.8, 4) is 0 Å². The Morgan fingerprint density at radius 3 is 1.22 bits per heavy atom. The molecule has 2 saturated carbocycles. The lowest BCUT2D eigenvalue weighted by molar-refractivity contribution is -0.176. The first-order valence-corrected chi connectivity index (χ1v) is 21.8. The van der Waals surface area contributed by atoms with Crippen molar-refractivity contribution in [2.45, 2.75) is 87.9 Å². The summed E-state index contributed by atoms with van der Waals surface area (Å²) >= 11 is 24.8. The van der Waals surface area contributed by atoms with Crippen molar-refractivity contribution in [3.63, 3.8) is 0 Å². The molecule has 6 atom stereocenters. The molecule has 304 valence electrons. The van der Waals surface area contributed by atoms with Crippen molar-refractivity contribution < 1.29 is 19.1 Å². The number of rotatable bonds is 12. The van der Waals surface area contributed by atoms with Crippen LogP contribution >= 0.6 is 46.4 Å². The van der Waals surface area contributed by atoms with E-state index in [-0.39, 0.29) is 36.1 Å². The van der Waals surface area contributed by atoms with E-state index >= 15 is 0 Å². The van der Waals surface area contributed by atoms with Gasteiger partial charge in [0.25, 0.3) is 11.8 Å². The number of ether oxygens (including phenoxy) is 2. The van der Waals surface area contributed by atoms with Gasteiger partial charge in [0, 0.05) is 46.0 Å².